The Labute approximate surface area is 273 Å². The minimum Gasteiger partial charge on any atom is -0.310 e. The third-order valence-electron chi connectivity index (χ3n) is 11.7. The number of hydrogen-bond acceptors (Lipinski definition) is 1. The molecule has 0 aliphatic heterocycles. The van der Waals surface area contributed by atoms with Crippen LogP contribution >= 0.6 is 0 Å². The topological polar surface area (TPSA) is 3.24 Å². The van der Waals surface area contributed by atoms with E-state index in [1.807, 2.05) is 0 Å². The summed E-state index contributed by atoms with van der Waals surface area (Å²) in [5.74, 6) is 2.55. The lowest BCUT2D eigenvalue weighted by Crippen LogP contribution is -2.17. The average Bonchev–Trinajstić information content (AvgIpc) is 3.79. The molecule has 0 N–H and O–H groups in total. The van der Waals surface area contributed by atoms with Crippen LogP contribution in [0.3, 0.4) is 0 Å². The molecule has 6 aromatic carbocycles. The Morgan fingerprint density at radius 2 is 1.35 bits per heavy atom. The fourth-order valence-electron chi connectivity index (χ4n) is 9.31. The molecule has 0 amide bonds. The molecule has 3 atom stereocenters. The van der Waals surface area contributed by atoms with Crippen LogP contribution in [0, 0.1) is 18.8 Å². The van der Waals surface area contributed by atoms with Crippen molar-refractivity contribution in [1.82, 2.24) is 0 Å². The Morgan fingerprint density at radius 3 is 2.09 bits per heavy atom. The molecule has 2 fully saturated rings. The summed E-state index contributed by atoms with van der Waals surface area (Å²) in [5.41, 5.74) is 14.5. The first-order valence-corrected chi connectivity index (χ1v) is 17.2. The van der Waals surface area contributed by atoms with Crippen molar-refractivity contribution in [3.63, 3.8) is 0 Å². The average molecular weight is 596 g/mol. The van der Waals surface area contributed by atoms with Gasteiger partial charge in [0.05, 0.1) is 5.69 Å². The van der Waals surface area contributed by atoms with Crippen LogP contribution < -0.4 is 4.90 Å². The number of anilines is 3. The van der Waals surface area contributed by atoms with E-state index in [2.05, 4.69) is 153 Å². The van der Waals surface area contributed by atoms with Gasteiger partial charge in [0.1, 0.15) is 0 Å². The van der Waals surface area contributed by atoms with Crippen molar-refractivity contribution in [3.05, 3.63) is 150 Å². The van der Waals surface area contributed by atoms with Gasteiger partial charge < -0.3 is 4.90 Å². The Morgan fingerprint density at radius 1 is 0.609 bits per heavy atom. The molecule has 2 bridgehead atoms. The molecule has 0 spiro atoms. The Hall–Kier alpha value is -4.62. The second-order valence-electron chi connectivity index (χ2n) is 14.6. The Bertz CT molecular complexity index is 2100. The van der Waals surface area contributed by atoms with Crippen LogP contribution in [0.2, 0.25) is 0 Å². The highest BCUT2D eigenvalue weighted by atomic mass is 15.1. The molecule has 2 saturated carbocycles. The van der Waals surface area contributed by atoms with Gasteiger partial charge in [0.15, 0.2) is 0 Å². The summed E-state index contributed by atoms with van der Waals surface area (Å²) < 4.78 is 0. The largest absolute Gasteiger partial charge is 0.310 e. The van der Waals surface area contributed by atoms with Gasteiger partial charge in [-0.25, -0.2) is 0 Å². The molecule has 226 valence electrons. The van der Waals surface area contributed by atoms with Crippen molar-refractivity contribution in [2.45, 2.75) is 57.8 Å². The van der Waals surface area contributed by atoms with E-state index in [4.69, 9.17) is 0 Å². The van der Waals surface area contributed by atoms with Gasteiger partial charge in [0.2, 0.25) is 0 Å². The lowest BCUT2D eigenvalue weighted by Gasteiger charge is -2.31. The summed E-state index contributed by atoms with van der Waals surface area (Å²) in [4.78, 5) is 2.52. The van der Waals surface area contributed by atoms with E-state index >= 15 is 0 Å². The zero-order valence-electron chi connectivity index (χ0n) is 27.1. The third kappa shape index (κ3) is 4.28. The SMILES string of the molecule is Cc1cccc2c1-c1ccc(N(c3ccc(C4CC5CCC4C5)cc3)c3cc4ccccc4cc3-c3ccccc3)cc1C2(C)C. The highest BCUT2D eigenvalue weighted by Crippen LogP contribution is 2.54. The lowest BCUT2D eigenvalue weighted by atomic mass is 9.82. The molecule has 0 aromatic heterocycles. The normalized spacial score (nSPS) is 20.5. The summed E-state index contributed by atoms with van der Waals surface area (Å²) in [7, 11) is 0. The van der Waals surface area contributed by atoms with Crippen molar-refractivity contribution in [2.24, 2.45) is 11.8 Å². The summed E-state index contributed by atoms with van der Waals surface area (Å²) in [6.07, 6.45) is 5.65. The summed E-state index contributed by atoms with van der Waals surface area (Å²) >= 11 is 0. The molecule has 9 rings (SSSR count). The number of hydrogen-bond donors (Lipinski definition) is 0. The van der Waals surface area contributed by atoms with Gasteiger partial charge in [-0.15, -0.1) is 0 Å². The first-order valence-electron chi connectivity index (χ1n) is 17.2. The van der Waals surface area contributed by atoms with Crippen LogP contribution in [0.5, 0.6) is 0 Å². The Kier molecular flexibility index (Phi) is 6.29. The maximum Gasteiger partial charge on any atom is 0.0546 e. The van der Waals surface area contributed by atoms with Crippen molar-refractivity contribution >= 4 is 27.8 Å². The number of rotatable bonds is 5. The molecular formula is C45H41N. The van der Waals surface area contributed by atoms with Crippen LogP contribution in [0.1, 0.15) is 67.7 Å². The van der Waals surface area contributed by atoms with Crippen molar-refractivity contribution in [2.75, 3.05) is 4.90 Å². The summed E-state index contributed by atoms with van der Waals surface area (Å²) in [6, 6.07) is 48.1. The molecule has 1 nitrogen and oxygen atoms in total. The van der Waals surface area contributed by atoms with Gasteiger partial charge >= 0.3 is 0 Å². The van der Waals surface area contributed by atoms with Gasteiger partial charge in [0, 0.05) is 22.4 Å². The highest BCUT2D eigenvalue weighted by Gasteiger charge is 2.40. The zero-order chi connectivity index (χ0) is 31.0. The fraction of sp³-hybridized carbons (Fsp3) is 0.244. The molecule has 3 aliphatic carbocycles. The molecule has 3 unspecified atom stereocenters. The highest BCUT2D eigenvalue weighted by molar-refractivity contribution is 5.99. The third-order valence-corrected chi connectivity index (χ3v) is 11.7. The van der Waals surface area contributed by atoms with Crippen LogP contribution in [0.4, 0.5) is 17.1 Å². The first kappa shape index (κ1) is 27.7. The van der Waals surface area contributed by atoms with Crippen molar-refractivity contribution in [3.8, 4) is 22.3 Å². The van der Waals surface area contributed by atoms with E-state index in [1.165, 1.54) is 98.0 Å². The predicted molar refractivity (Wildman–Crippen MR) is 195 cm³/mol. The van der Waals surface area contributed by atoms with Gasteiger partial charge in [-0.1, -0.05) is 111 Å². The molecule has 46 heavy (non-hydrogen) atoms. The van der Waals surface area contributed by atoms with E-state index in [9.17, 15) is 0 Å². The monoisotopic (exact) mass is 595 g/mol. The quantitative estimate of drug-likeness (QED) is 0.192. The molecule has 0 saturated heterocycles. The van der Waals surface area contributed by atoms with E-state index in [-0.39, 0.29) is 5.41 Å². The van der Waals surface area contributed by atoms with Crippen LogP contribution in [-0.2, 0) is 5.41 Å². The van der Waals surface area contributed by atoms with Crippen LogP contribution in [-0.4, -0.2) is 0 Å². The molecule has 6 aromatic rings. The van der Waals surface area contributed by atoms with E-state index in [0.717, 1.165) is 17.8 Å². The smallest absolute Gasteiger partial charge is 0.0546 e. The van der Waals surface area contributed by atoms with E-state index in [0.29, 0.717) is 0 Å². The second-order valence-corrected chi connectivity index (χ2v) is 14.6. The minimum atomic E-state index is -0.0738. The van der Waals surface area contributed by atoms with Crippen LogP contribution in [0.15, 0.2) is 127 Å². The minimum absolute atomic E-state index is 0.0738. The van der Waals surface area contributed by atoms with Crippen LogP contribution in [0.25, 0.3) is 33.0 Å². The molecular weight excluding hydrogens is 555 g/mol. The number of aryl methyl sites for hydroxylation is 1. The summed E-state index contributed by atoms with van der Waals surface area (Å²) in [5, 5.41) is 2.52. The fourth-order valence-corrected chi connectivity index (χ4v) is 9.31. The number of benzene rings is 6. The maximum atomic E-state index is 2.52. The molecule has 1 heteroatoms. The van der Waals surface area contributed by atoms with Gasteiger partial charge in [-0.2, -0.15) is 0 Å². The molecule has 0 heterocycles. The molecule has 3 aliphatic rings. The summed E-state index contributed by atoms with van der Waals surface area (Å²) in [6.45, 7) is 7.03. The van der Waals surface area contributed by atoms with Gasteiger partial charge in [-0.3, -0.25) is 0 Å². The van der Waals surface area contributed by atoms with Crippen molar-refractivity contribution < 1.29 is 0 Å². The van der Waals surface area contributed by atoms with Gasteiger partial charge in [0.25, 0.3) is 0 Å². The predicted octanol–water partition coefficient (Wildman–Crippen LogP) is 12.5. The first-order chi connectivity index (χ1) is 22.5. The molecule has 0 radical (unpaired) electrons. The van der Waals surface area contributed by atoms with Crippen molar-refractivity contribution in [1.29, 1.82) is 0 Å². The lowest BCUT2D eigenvalue weighted by molar-refractivity contribution is 0.420. The number of nitrogens with zero attached hydrogens (tertiary/aromatic N) is 1. The van der Waals surface area contributed by atoms with E-state index < -0.39 is 0 Å². The second kappa shape index (κ2) is 10.5. The standard InChI is InChI=1S/C45H41N/c1-29-10-9-15-41-44(29)38-23-22-37(28-42(38)45(41,2)3)46(36-20-18-32(19-21-36)39-25-30-16-17-35(39)24-30)43-27-34-14-8-7-13-33(34)26-40(43)31-11-5-4-6-12-31/h4-15,18-23,26-28,30,35,39H,16-17,24-25H2,1-3H3. The zero-order valence-corrected chi connectivity index (χ0v) is 27.1. The maximum absolute atomic E-state index is 2.52. The van der Waals surface area contributed by atoms with Gasteiger partial charge in [-0.05, 0) is 130 Å². The van der Waals surface area contributed by atoms with E-state index in [1.54, 1.807) is 0 Å². The Balaban J connectivity index is 1.25. The number of fused-ring (bicyclic) bond motifs is 6.